The Labute approximate surface area is 175 Å². The van der Waals surface area contributed by atoms with Crippen molar-refractivity contribution in [1.29, 1.82) is 0 Å². The summed E-state index contributed by atoms with van der Waals surface area (Å²) in [5.41, 5.74) is 2.55. The Kier molecular flexibility index (Phi) is 4.85. The third-order valence-electron chi connectivity index (χ3n) is 4.47. The third kappa shape index (κ3) is 3.50. The monoisotopic (exact) mass is 425 g/mol. The van der Waals surface area contributed by atoms with Gasteiger partial charge in [-0.2, -0.15) is 5.01 Å². The number of thiocarbonyl (C=S) groups is 1. The highest BCUT2D eigenvalue weighted by Crippen LogP contribution is 2.34. The lowest BCUT2D eigenvalue weighted by Crippen LogP contribution is -2.39. The smallest absolute Gasteiger partial charge is 0.285 e. The summed E-state index contributed by atoms with van der Waals surface area (Å²) in [5, 5.41) is 12.3. The number of furan rings is 1. The van der Waals surface area contributed by atoms with Gasteiger partial charge in [0.15, 0.2) is 4.32 Å². The van der Waals surface area contributed by atoms with E-state index >= 15 is 0 Å². The molecule has 1 aliphatic rings. The molecule has 3 aromatic rings. The average molecular weight is 425 g/mol. The zero-order chi connectivity index (χ0) is 20.7. The standard InChI is InChI=1S/C20H15N3O4S2/c1-12-3-4-13(2)21(12)22-19(24)18(29-20(22)28)11-16-9-10-17(27-16)14-5-7-15(8-6-14)23(25)26/h3-11H,1-2H3/b18-11-. The van der Waals surface area contributed by atoms with E-state index in [0.29, 0.717) is 26.3 Å². The molecule has 0 spiro atoms. The van der Waals surface area contributed by atoms with Crippen LogP contribution < -0.4 is 5.01 Å². The average Bonchev–Trinajstić information content (AvgIpc) is 3.36. The molecule has 1 saturated heterocycles. The summed E-state index contributed by atoms with van der Waals surface area (Å²) in [6.07, 6.45) is 1.66. The van der Waals surface area contributed by atoms with Gasteiger partial charge < -0.3 is 4.42 Å². The van der Waals surface area contributed by atoms with Crippen molar-refractivity contribution in [2.45, 2.75) is 13.8 Å². The van der Waals surface area contributed by atoms with E-state index in [-0.39, 0.29) is 11.6 Å². The van der Waals surface area contributed by atoms with Crippen molar-refractivity contribution in [1.82, 2.24) is 4.68 Å². The second-order valence-corrected chi connectivity index (χ2v) is 8.10. The van der Waals surface area contributed by atoms with Crippen LogP contribution in [0, 0.1) is 24.0 Å². The Bertz CT molecular complexity index is 1160. The Hall–Kier alpha value is -3.17. The number of hydrogen-bond donors (Lipinski definition) is 0. The Morgan fingerprint density at radius 2 is 1.72 bits per heavy atom. The molecule has 1 fully saturated rings. The number of aromatic nitrogens is 1. The largest absolute Gasteiger partial charge is 0.457 e. The van der Waals surface area contributed by atoms with Gasteiger partial charge in [-0.1, -0.05) is 11.8 Å². The van der Waals surface area contributed by atoms with Gasteiger partial charge >= 0.3 is 0 Å². The van der Waals surface area contributed by atoms with E-state index in [1.807, 2.05) is 26.0 Å². The normalized spacial score (nSPS) is 15.5. The summed E-state index contributed by atoms with van der Waals surface area (Å²) in [5.74, 6) is 0.842. The van der Waals surface area contributed by atoms with E-state index in [1.54, 1.807) is 35.0 Å². The maximum atomic E-state index is 12.9. The minimum absolute atomic E-state index is 0.0137. The molecular formula is C20H15N3O4S2. The van der Waals surface area contributed by atoms with Gasteiger partial charge in [0.2, 0.25) is 0 Å². The van der Waals surface area contributed by atoms with Crippen molar-refractivity contribution in [3.8, 4) is 11.3 Å². The number of nitrogens with zero attached hydrogens (tertiary/aromatic N) is 3. The van der Waals surface area contributed by atoms with Crippen molar-refractivity contribution in [3.05, 3.63) is 80.7 Å². The topological polar surface area (TPSA) is 81.5 Å². The Morgan fingerprint density at radius 3 is 2.34 bits per heavy atom. The quantitative estimate of drug-likeness (QED) is 0.258. The van der Waals surface area contributed by atoms with Crippen molar-refractivity contribution in [3.63, 3.8) is 0 Å². The van der Waals surface area contributed by atoms with Crippen LogP contribution in [0.25, 0.3) is 17.4 Å². The number of hydrogen-bond acceptors (Lipinski definition) is 6. The van der Waals surface area contributed by atoms with E-state index < -0.39 is 4.92 Å². The van der Waals surface area contributed by atoms with Crippen LogP contribution in [0.5, 0.6) is 0 Å². The number of benzene rings is 1. The lowest BCUT2D eigenvalue weighted by molar-refractivity contribution is -0.384. The van der Waals surface area contributed by atoms with Crippen LogP contribution in [-0.2, 0) is 4.79 Å². The summed E-state index contributed by atoms with van der Waals surface area (Å²) < 4.78 is 8.05. The second-order valence-electron chi connectivity index (χ2n) is 6.43. The lowest BCUT2D eigenvalue weighted by atomic mass is 10.1. The van der Waals surface area contributed by atoms with Crippen LogP contribution in [0.4, 0.5) is 5.69 Å². The van der Waals surface area contributed by atoms with Crippen LogP contribution in [0.3, 0.4) is 0 Å². The first-order valence-corrected chi connectivity index (χ1v) is 9.85. The number of amides is 1. The zero-order valence-electron chi connectivity index (χ0n) is 15.5. The minimum Gasteiger partial charge on any atom is -0.457 e. The fourth-order valence-electron chi connectivity index (χ4n) is 3.07. The molecule has 1 aliphatic heterocycles. The number of non-ortho nitro benzene ring substituents is 1. The van der Waals surface area contributed by atoms with Crippen LogP contribution in [-0.4, -0.2) is 19.8 Å². The van der Waals surface area contributed by atoms with Gasteiger partial charge in [0.05, 0.1) is 9.83 Å². The van der Waals surface area contributed by atoms with Crippen molar-refractivity contribution in [2.75, 3.05) is 5.01 Å². The number of rotatable bonds is 4. The molecule has 7 nitrogen and oxygen atoms in total. The number of thioether (sulfide) groups is 1. The maximum Gasteiger partial charge on any atom is 0.285 e. The van der Waals surface area contributed by atoms with Crippen LogP contribution in [0.15, 0.2) is 57.9 Å². The highest BCUT2D eigenvalue weighted by molar-refractivity contribution is 8.27. The summed E-state index contributed by atoms with van der Waals surface area (Å²) in [4.78, 5) is 23.7. The number of carbonyl (C=O) groups is 1. The fourth-order valence-corrected chi connectivity index (χ4v) is 4.29. The van der Waals surface area contributed by atoms with Gasteiger partial charge in [-0.15, -0.1) is 0 Å². The Morgan fingerprint density at radius 1 is 1.07 bits per heavy atom. The molecular weight excluding hydrogens is 410 g/mol. The number of carbonyl (C=O) groups excluding carboxylic acids is 1. The lowest BCUT2D eigenvalue weighted by Gasteiger charge is -2.20. The molecule has 0 saturated carbocycles. The first kappa shape index (κ1) is 19.2. The van der Waals surface area contributed by atoms with E-state index in [0.717, 1.165) is 11.4 Å². The number of nitro benzene ring substituents is 1. The highest BCUT2D eigenvalue weighted by atomic mass is 32.2. The molecule has 0 radical (unpaired) electrons. The SMILES string of the molecule is Cc1ccc(C)n1N1C(=O)/C(=C/c2ccc(-c3ccc([N+](=O)[O-])cc3)o2)SC1=S. The first-order chi connectivity index (χ1) is 13.8. The molecule has 3 heterocycles. The summed E-state index contributed by atoms with van der Waals surface area (Å²) in [6.45, 7) is 3.83. The van der Waals surface area contributed by atoms with Gasteiger partial charge in [-0.05, 0) is 62.5 Å². The van der Waals surface area contributed by atoms with E-state index in [1.165, 1.54) is 28.9 Å². The molecule has 9 heteroatoms. The fraction of sp³-hybridized carbons (Fsp3) is 0.100. The predicted molar refractivity (Wildman–Crippen MR) is 116 cm³/mol. The van der Waals surface area contributed by atoms with Crippen LogP contribution >= 0.6 is 24.0 Å². The van der Waals surface area contributed by atoms with Crippen LogP contribution in [0.2, 0.25) is 0 Å². The number of nitro groups is 1. The molecule has 1 aromatic carbocycles. The third-order valence-corrected chi connectivity index (χ3v) is 5.75. The summed E-state index contributed by atoms with van der Waals surface area (Å²) in [6, 6.07) is 13.5. The van der Waals surface area contributed by atoms with Gasteiger partial charge in [0.1, 0.15) is 11.5 Å². The van der Waals surface area contributed by atoms with Crippen molar-refractivity contribution >= 4 is 46.0 Å². The second kappa shape index (κ2) is 7.34. The molecule has 0 aliphatic carbocycles. The zero-order valence-corrected chi connectivity index (χ0v) is 17.1. The maximum absolute atomic E-state index is 12.9. The minimum atomic E-state index is -0.451. The molecule has 1 amide bonds. The molecule has 4 rings (SSSR count). The molecule has 2 aromatic heterocycles. The van der Waals surface area contributed by atoms with Gasteiger partial charge in [0.25, 0.3) is 11.6 Å². The molecule has 0 bridgehead atoms. The predicted octanol–water partition coefficient (Wildman–Crippen LogP) is 4.81. The van der Waals surface area contributed by atoms with Crippen LogP contribution in [0.1, 0.15) is 17.1 Å². The van der Waals surface area contributed by atoms with Gasteiger partial charge in [-0.3, -0.25) is 19.6 Å². The van der Waals surface area contributed by atoms with Gasteiger partial charge in [-0.25, -0.2) is 0 Å². The number of aryl methyl sites for hydroxylation is 2. The summed E-state index contributed by atoms with van der Waals surface area (Å²) >= 11 is 6.63. The highest BCUT2D eigenvalue weighted by Gasteiger charge is 2.35. The molecule has 29 heavy (non-hydrogen) atoms. The van der Waals surface area contributed by atoms with E-state index in [2.05, 4.69) is 0 Å². The first-order valence-electron chi connectivity index (χ1n) is 8.63. The van der Waals surface area contributed by atoms with E-state index in [9.17, 15) is 14.9 Å². The molecule has 0 atom stereocenters. The van der Waals surface area contributed by atoms with Crippen molar-refractivity contribution in [2.24, 2.45) is 0 Å². The Balaban J connectivity index is 1.60. The van der Waals surface area contributed by atoms with E-state index in [4.69, 9.17) is 16.6 Å². The van der Waals surface area contributed by atoms with Crippen molar-refractivity contribution < 1.29 is 14.1 Å². The molecule has 0 N–H and O–H groups in total. The molecule has 146 valence electrons. The molecule has 0 unspecified atom stereocenters. The summed E-state index contributed by atoms with van der Waals surface area (Å²) in [7, 11) is 0. The van der Waals surface area contributed by atoms with Gasteiger partial charge in [0, 0.05) is 35.2 Å².